The Morgan fingerprint density at radius 1 is 1.27 bits per heavy atom. The van der Waals surface area contributed by atoms with Crippen LogP contribution in [0.1, 0.15) is 11.7 Å². The molecule has 1 aromatic carbocycles. The molecule has 6 nitrogen and oxygen atoms in total. The van der Waals surface area contributed by atoms with E-state index in [0.717, 1.165) is 18.7 Å². The number of likely N-dealkylation sites (N-methyl/N-ethyl adjacent to an activating group) is 1. The first-order chi connectivity index (χ1) is 10.6. The zero-order valence-electron chi connectivity index (χ0n) is 13.1. The van der Waals surface area contributed by atoms with Gasteiger partial charge in [-0.2, -0.15) is 0 Å². The van der Waals surface area contributed by atoms with Gasteiger partial charge in [0.1, 0.15) is 0 Å². The molecule has 2 amide bonds. The molecule has 1 fully saturated rings. The average molecular weight is 305 g/mol. The molecule has 2 rings (SSSR count). The summed E-state index contributed by atoms with van der Waals surface area (Å²) in [4.78, 5) is 28.0. The second-order valence-corrected chi connectivity index (χ2v) is 5.35. The van der Waals surface area contributed by atoms with Crippen LogP contribution in [0.5, 0.6) is 0 Å². The van der Waals surface area contributed by atoms with Crippen molar-refractivity contribution in [1.82, 2.24) is 15.1 Å². The highest BCUT2D eigenvalue weighted by atomic mass is 16.5. The van der Waals surface area contributed by atoms with Crippen LogP contribution < -0.4 is 5.32 Å². The smallest absolute Gasteiger partial charge is 0.256 e. The first-order valence-corrected chi connectivity index (χ1v) is 7.44. The lowest BCUT2D eigenvalue weighted by Gasteiger charge is -2.30. The number of carbonyl (C=O) groups excluding carboxylic acids is 2. The summed E-state index contributed by atoms with van der Waals surface area (Å²) in [7, 11) is 3.14. The predicted molar refractivity (Wildman–Crippen MR) is 83.3 cm³/mol. The van der Waals surface area contributed by atoms with Crippen molar-refractivity contribution in [3.8, 4) is 0 Å². The van der Waals surface area contributed by atoms with Crippen molar-refractivity contribution in [2.45, 2.75) is 6.10 Å². The molecule has 1 aromatic rings. The number of amides is 2. The quantitative estimate of drug-likeness (QED) is 0.848. The van der Waals surface area contributed by atoms with E-state index >= 15 is 0 Å². The van der Waals surface area contributed by atoms with Crippen molar-refractivity contribution in [1.29, 1.82) is 0 Å². The second-order valence-electron chi connectivity index (χ2n) is 5.35. The van der Waals surface area contributed by atoms with E-state index in [2.05, 4.69) is 5.32 Å². The Bertz CT molecular complexity index is 501. The number of benzene rings is 1. The van der Waals surface area contributed by atoms with Gasteiger partial charge in [-0.05, 0) is 5.56 Å². The first-order valence-electron chi connectivity index (χ1n) is 7.44. The molecule has 1 unspecified atom stereocenters. The molecule has 120 valence electrons. The number of hydrogen-bond acceptors (Lipinski definition) is 4. The molecule has 0 bridgehead atoms. The van der Waals surface area contributed by atoms with Crippen molar-refractivity contribution in [2.24, 2.45) is 0 Å². The highest BCUT2D eigenvalue weighted by molar-refractivity contribution is 5.87. The van der Waals surface area contributed by atoms with Gasteiger partial charge in [0.15, 0.2) is 6.10 Å². The summed E-state index contributed by atoms with van der Waals surface area (Å²) in [6, 6.07) is 9.30. The van der Waals surface area contributed by atoms with Gasteiger partial charge in [0.05, 0.1) is 6.54 Å². The van der Waals surface area contributed by atoms with Crippen molar-refractivity contribution in [2.75, 3.05) is 46.9 Å². The molecule has 0 aliphatic carbocycles. The zero-order chi connectivity index (χ0) is 15.9. The normalized spacial score (nSPS) is 16.2. The fourth-order valence-electron chi connectivity index (χ4n) is 2.50. The molecule has 0 radical (unpaired) electrons. The Morgan fingerprint density at radius 3 is 2.50 bits per heavy atom. The van der Waals surface area contributed by atoms with Crippen LogP contribution in [0.15, 0.2) is 30.3 Å². The minimum Gasteiger partial charge on any atom is -0.367 e. The Hall–Kier alpha value is -1.92. The fraction of sp³-hybridized carbons (Fsp3) is 0.500. The molecule has 1 atom stereocenters. The number of nitrogens with one attached hydrogen (secondary N) is 1. The van der Waals surface area contributed by atoms with Gasteiger partial charge in [-0.15, -0.1) is 0 Å². The minimum absolute atomic E-state index is 0.0275. The van der Waals surface area contributed by atoms with Crippen LogP contribution in [0, 0.1) is 0 Å². The van der Waals surface area contributed by atoms with Crippen molar-refractivity contribution in [3.63, 3.8) is 0 Å². The van der Waals surface area contributed by atoms with E-state index in [4.69, 9.17) is 4.74 Å². The molecule has 0 spiro atoms. The summed E-state index contributed by atoms with van der Waals surface area (Å²) in [5.74, 6) is -0.238. The molecule has 1 heterocycles. The summed E-state index contributed by atoms with van der Waals surface area (Å²) in [6.45, 7) is 3.05. The van der Waals surface area contributed by atoms with Gasteiger partial charge in [-0.3, -0.25) is 9.59 Å². The second kappa shape index (κ2) is 7.91. The predicted octanol–water partition coefficient (Wildman–Crippen LogP) is 0.264. The third-order valence-corrected chi connectivity index (χ3v) is 3.78. The maximum absolute atomic E-state index is 12.5. The summed E-state index contributed by atoms with van der Waals surface area (Å²) in [6.07, 6.45) is -0.679. The lowest BCUT2D eigenvalue weighted by molar-refractivity contribution is -0.146. The zero-order valence-corrected chi connectivity index (χ0v) is 13.1. The number of rotatable bonds is 5. The van der Waals surface area contributed by atoms with Crippen LogP contribution in [0.25, 0.3) is 0 Å². The van der Waals surface area contributed by atoms with Crippen molar-refractivity contribution in [3.05, 3.63) is 35.9 Å². The number of carbonyl (C=O) groups is 2. The maximum Gasteiger partial charge on any atom is 0.256 e. The summed E-state index contributed by atoms with van der Waals surface area (Å²) in [5.41, 5.74) is 0.788. The highest BCUT2D eigenvalue weighted by Gasteiger charge is 2.26. The lowest BCUT2D eigenvalue weighted by atomic mass is 10.1. The standard InChI is InChI=1S/C16H23N3O3/c1-18(12-14(20)19-10-8-17-9-11-19)16(21)15(22-2)13-6-4-3-5-7-13/h3-7,15,17H,8-12H2,1-2H3. The van der Waals surface area contributed by atoms with Gasteiger partial charge in [0, 0.05) is 40.3 Å². The molecule has 0 saturated carbocycles. The lowest BCUT2D eigenvalue weighted by Crippen LogP contribution is -2.50. The van der Waals surface area contributed by atoms with Crippen LogP contribution in [0.3, 0.4) is 0 Å². The van der Waals surface area contributed by atoms with Gasteiger partial charge in [0.25, 0.3) is 5.91 Å². The number of ether oxygens (including phenoxy) is 1. The summed E-state index contributed by atoms with van der Waals surface area (Å²) >= 11 is 0. The minimum atomic E-state index is -0.679. The highest BCUT2D eigenvalue weighted by Crippen LogP contribution is 2.18. The van der Waals surface area contributed by atoms with E-state index in [1.165, 1.54) is 12.0 Å². The largest absolute Gasteiger partial charge is 0.367 e. The first kappa shape index (κ1) is 16.5. The molecule has 1 N–H and O–H groups in total. The van der Waals surface area contributed by atoms with Crippen LogP contribution >= 0.6 is 0 Å². The Morgan fingerprint density at radius 2 is 1.91 bits per heavy atom. The third-order valence-electron chi connectivity index (χ3n) is 3.78. The Kier molecular flexibility index (Phi) is 5.91. The van der Waals surface area contributed by atoms with Gasteiger partial charge >= 0.3 is 0 Å². The molecule has 1 saturated heterocycles. The molecule has 22 heavy (non-hydrogen) atoms. The van der Waals surface area contributed by atoms with E-state index in [1.54, 1.807) is 11.9 Å². The monoisotopic (exact) mass is 305 g/mol. The molecular weight excluding hydrogens is 282 g/mol. The SMILES string of the molecule is COC(C(=O)N(C)CC(=O)N1CCNCC1)c1ccccc1. The van der Waals surface area contributed by atoms with Crippen LogP contribution in [0.4, 0.5) is 0 Å². The van der Waals surface area contributed by atoms with Gasteiger partial charge in [-0.1, -0.05) is 30.3 Å². The average Bonchev–Trinajstić information content (AvgIpc) is 2.57. The number of nitrogens with zero attached hydrogens (tertiary/aromatic N) is 2. The topological polar surface area (TPSA) is 61.9 Å². The number of methoxy groups -OCH3 is 1. The molecule has 1 aliphatic rings. The van der Waals surface area contributed by atoms with Gasteiger partial charge < -0.3 is 19.9 Å². The number of piperazine rings is 1. The molecular formula is C16H23N3O3. The maximum atomic E-state index is 12.5. The molecule has 6 heteroatoms. The van der Waals surface area contributed by atoms with Crippen molar-refractivity contribution >= 4 is 11.8 Å². The molecule has 1 aliphatic heterocycles. The van der Waals surface area contributed by atoms with E-state index < -0.39 is 6.10 Å². The third kappa shape index (κ3) is 4.05. The number of hydrogen-bond donors (Lipinski definition) is 1. The van der Waals surface area contributed by atoms with Gasteiger partial charge in [-0.25, -0.2) is 0 Å². The van der Waals surface area contributed by atoms with E-state index in [9.17, 15) is 9.59 Å². The van der Waals surface area contributed by atoms with E-state index in [1.807, 2.05) is 30.3 Å². The van der Waals surface area contributed by atoms with Crippen LogP contribution in [-0.4, -0.2) is 68.5 Å². The summed E-state index contributed by atoms with van der Waals surface area (Å²) < 4.78 is 5.32. The van der Waals surface area contributed by atoms with Crippen LogP contribution in [0.2, 0.25) is 0 Å². The van der Waals surface area contributed by atoms with E-state index in [0.29, 0.717) is 13.1 Å². The Balaban J connectivity index is 1.96. The summed E-state index contributed by atoms with van der Waals surface area (Å²) in [5, 5.41) is 3.20. The van der Waals surface area contributed by atoms with E-state index in [-0.39, 0.29) is 18.4 Å². The van der Waals surface area contributed by atoms with Crippen LogP contribution in [-0.2, 0) is 14.3 Å². The van der Waals surface area contributed by atoms with Gasteiger partial charge in [0.2, 0.25) is 5.91 Å². The van der Waals surface area contributed by atoms with Crippen molar-refractivity contribution < 1.29 is 14.3 Å². The fourth-order valence-corrected chi connectivity index (χ4v) is 2.50. The molecule has 0 aromatic heterocycles. The Labute approximate surface area is 131 Å².